The van der Waals surface area contributed by atoms with E-state index in [0.29, 0.717) is 26.3 Å². The summed E-state index contributed by atoms with van der Waals surface area (Å²) in [6.45, 7) is 8.66. The summed E-state index contributed by atoms with van der Waals surface area (Å²) in [4.78, 5) is 18.3. The van der Waals surface area contributed by atoms with Gasteiger partial charge in [-0.2, -0.15) is 0 Å². The molecule has 0 amide bonds. The number of aryl methyl sites for hydroxylation is 1. The molecule has 0 spiro atoms. The van der Waals surface area contributed by atoms with Crippen molar-refractivity contribution in [2.24, 2.45) is 0 Å². The summed E-state index contributed by atoms with van der Waals surface area (Å²) in [6.07, 6.45) is 4.23. The summed E-state index contributed by atoms with van der Waals surface area (Å²) >= 11 is 11.7. The molecule has 270 valence electrons. The molecular weight excluding hydrogens is 854 g/mol. The fourth-order valence-corrected chi connectivity index (χ4v) is 9.00. The van der Waals surface area contributed by atoms with Crippen LogP contribution in [-0.2, 0) is 0 Å². The average molecular weight is 890 g/mol. The smallest absolute Gasteiger partial charge is 0.270 e. The fourth-order valence-electron chi connectivity index (χ4n) is 5.25. The Bertz CT molecular complexity index is 2130. The molecule has 0 bridgehead atoms. The third kappa shape index (κ3) is 11.2. The Labute approximate surface area is 339 Å². The minimum Gasteiger partial charge on any atom is -0.492 e. The normalized spacial score (nSPS) is 13.2. The number of benzene rings is 5. The third-order valence-corrected chi connectivity index (χ3v) is 11.8. The van der Waals surface area contributed by atoms with Crippen molar-refractivity contribution in [2.45, 2.75) is 21.6 Å². The van der Waals surface area contributed by atoms with Crippen LogP contribution in [0.5, 0.6) is 11.5 Å². The van der Waals surface area contributed by atoms with E-state index in [1.807, 2.05) is 72.8 Å². The monoisotopic (exact) mass is 887 g/mol. The molecule has 5 aromatic carbocycles. The van der Waals surface area contributed by atoms with Crippen LogP contribution in [0.15, 0.2) is 172 Å². The van der Waals surface area contributed by atoms with Gasteiger partial charge in [-0.1, -0.05) is 98.0 Å². The number of anilines is 2. The fraction of sp³-hybridized carbons (Fsp3) is 0.122. The Balaban J connectivity index is 1.23. The van der Waals surface area contributed by atoms with E-state index >= 15 is 0 Å². The molecule has 0 radical (unpaired) electrons. The van der Waals surface area contributed by atoms with E-state index in [1.54, 1.807) is 35.7 Å². The average Bonchev–Trinajstić information content (AvgIpc) is 3.48. The molecule has 7 nitrogen and oxygen atoms in total. The summed E-state index contributed by atoms with van der Waals surface area (Å²) < 4.78 is 14.0. The number of nitro benzene ring substituents is 1. The lowest BCUT2D eigenvalue weighted by Gasteiger charge is -2.21. The van der Waals surface area contributed by atoms with Crippen LogP contribution in [0.3, 0.4) is 0 Å². The standard InChI is InChI=1S/C41H35Br2N3O4S3/c1-28-8-18-37(44-20-22-49-33-14-9-30(42)10-15-33)39(24-28)51-29(2)25-36(52-35-6-4-3-5-7-35)27-41-45(21-23-50-34-16-11-31(43)12-17-34)38-19-13-32(46(47)48)26-40(38)53-41/h3-19,24-27,44H,2,20-23H2,1H3/b36-25-,41-27-. The molecule has 1 heterocycles. The number of allylic oxidation sites excluding steroid dienone is 2. The zero-order chi connectivity index (χ0) is 37.2. The van der Waals surface area contributed by atoms with Gasteiger partial charge in [-0.3, -0.25) is 10.1 Å². The highest BCUT2D eigenvalue weighted by atomic mass is 79.9. The molecular formula is C41H35Br2N3O4S3. The number of rotatable bonds is 16. The van der Waals surface area contributed by atoms with Gasteiger partial charge in [-0.05, 0) is 104 Å². The van der Waals surface area contributed by atoms with Gasteiger partial charge in [0.05, 0.1) is 22.2 Å². The van der Waals surface area contributed by atoms with Gasteiger partial charge in [-0.15, -0.1) is 0 Å². The van der Waals surface area contributed by atoms with Crippen LogP contribution in [0, 0.1) is 17.0 Å². The van der Waals surface area contributed by atoms with Crippen molar-refractivity contribution in [1.29, 1.82) is 0 Å². The molecule has 1 N–H and O–H groups in total. The predicted octanol–water partition coefficient (Wildman–Crippen LogP) is 12.7. The first-order valence-electron chi connectivity index (χ1n) is 16.6. The number of halogens is 2. The molecule has 0 unspecified atom stereocenters. The van der Waals surface area contributed by atoms with Gasteiger partial charge < -0.3 is 19.7 Å². The van der Waals surface area contributed by atoms with E-state index in [9.17, 15) is 10.1 Å². The predicted molar refractivity (Wildman–Crippen MR) is 229 cm³/mol. The maximum absolute atomic E-state index is 11.7. The highest BCUT2D eigenvalue weighted by Gasteiger charge is 2.27. The molecule has 0 fully saturated rings. The quantitative estimate of drug-likeness (QED) is 0.0343. The SMILES string of the molecule is C=C(/C=C(/C=C1\Sc2cc([N+](=O)[O-])ccc2N1CCOc1ccc(Br)cc1)Sc1ccccc1)Sc1cc(C)ccc1NCCOc1ccc(Br)cc1. The van der Waals surface area contributed by atoms with Gasteiger partial charge in [0.1, 0.15) is 24.7 Å². The molecule has 53 heavy (non-hydrogen) atoms. The first-order valence-corrected chi connectivity index (χ1v) is 20.6. The van der Waals surface area contributed by atoms with Crippen molar-refractivity contribution < 1.29 is 14.4 Å². The molecule has 0 atom stereocenters. The van der Waals surface area contributed by atoms with Crippen LogP contribution in [0.25, 0.3) is 0 Å². The van der Waals surface area contributed by atoms with Gasteiger partial charge in [0.15, 0.2) is 0 Å². The van der Waals surface area contributed by atoms with Gasteiger partial charge in [0.2, 0.25) is 0 Å². The Morgan fingerprint density at radius 1 is 0.887 bits per heavy atom. The second kappa shape index (κ2) is 18.8. The summed E-state index contributed by atoms with van der Waals surface area (Å²) in [5.74, 6) is 1.59. The van der Waals surface area contributed by atoms with Gasteiger partial charge >= 0.3 is 0 Å². The van der Waals surface area contributed by atoms with Crippen molar-refractivity contribution in [1.82, 2.24) is 0 Å². The first-order chi connectivity index (χ1) is 25.7. The van der Waals surface area contributed by atoms with Crippen molar-refractivity contribution >= 4 is 84.2 Å². The number of non-ortho nitro benzene ring substituents is 1. The molecule has 12 heteroatoms. The second-order valence-corrected chi connectivity index (χ2v) is 16.9. The van der Waals surface area contributed by atoms with Crippen LogP contribution in [0.2, 0.25) is 0 Å². The van der Waals surface area contributed by atoms with Crippen LogP contribution in [0.1, 0.15) is 5.56 Å². The second-order valence-electron chi connectivity index (χ2n) is 11.7. The topological polar surface area (TPSA) is 76.9 Å². The first kappa shape index (κ1) is 38.6. The van der Waals surface area contributed by atoms with Crippen molar-refractivity contribution in [2.75, 3.05) is 36.5 Å². The summed E-state index contributed by atoms with van der Waals surface area (Å²) in [5, 5.41) is 16.1. The van der Waals surface area contributed by atoms with E-state index in [2.05, 4.69) is 98.1 Å². The highest BCUT2D eigenvalue weighted by molar-refractivity contribution is 9.10. The molecule has 0 saturated heterocycles. The Morgan fingerprint density at radius 3 is 2.25 bits per heavy atom. The maximum Gasteiger partial charge on any atom is 0.270 e. The summed E-state index contributed by atoms with van der Waals surface area (Å²) in [7, 11) is 0. The highest BCUT2D eigenvalue weighted by Crippen LogP contribution is 2.48. The van der Waals surface area contributed by atoms with Gasteiger partial charge in [0.25, 0.3) is 5.69 Å². The molecule has 0 aliphatic carbocycles. The van der Waals surface area contributed by atoms with Crippen molar-refractivity contribution in [3.63, 3.8) is 0 Å². The zero-order valence-corrected chi connectivity index (χ0v) is 34.3. The number of nitrogens with zero attached hydrogens (tertiary/aromatic N) is 2. The number of nitrogens with one attached hydrogen (secondary N) is 1. The van der Waals surface area contributed by atoms with Crippen LogP contribution in [0.4, 0.5) is 17.1 Å². The molecule has 1 aliphatic rings. The van der Waals surface area contributed by atoms with Crippen LogP contribution < -0.4 is 19.7 Å². The zero-order valence-electron chi connectivity index (χ0n) is 28.7. The molecule has 0 saturated carbocycles. The maximum atomic E-state index is 11.7. The third-order valence-electron chi connectivity index (χ3n) is 7.75. The molecule has 1 aliphatic heterocycles. The summed E-state index contributed by atoms with van der Waals surface area (Å²) in [5.41, 5.74) is 3.12. The van der Waals surface area contributed by atoms with Crippen molar-refractivity contribution in [3.8, 4) is 11.5 Å². The minimum atomic E-state index is -0.356. The lowest BCUT2D eigenvalue weighted by atomic mass is 10.2. The van der Waals surface area contributed by atoms with Crippen LogP contribution in [-0.4, -0.2) is 31.2 Å². The van der Waals surface area contributed by atoms with E-state index in [-0.39, 0.29) is 10.6 Å². The Morgan fingerprint density at radius 2 is 1.57 bits per heavy atom. The molecule has 6 rings (SSSR count). The number of hydrogen-bond acceptors (Lipinski definition) is 9. The van der Waals surface area contributed by atoms with E-state index in [0.717, 1.165) is 66.9 Å². The Hall–Kier alpha value is -4.07. The van der Waals surface area contributed by atoms with E-state index in [1.165, 1.54) is 11.8 Å². The number of hydrogen-bond donors (Lipinski definition) is 1. The summed E-state index contributed by atoms with van der Waals surface area (Å²) in [6, 6.07) is 37.1. The van der Waals surface area contributed by atoms with Crippen molar-refractivity contribution in [3.05, 3.63) is 173 Å². The Kier molecular flexibility index (Phi) is 13.7. The van der Waals surface area contributed by atoms with Crippen LogP contribution >= 0.6 is 67.1 Å². The number of ether oxygens (including phenoxy) is 2. The number of thioether (sulfide) groups is 3. The molecule has 5 aromatic rings. The van der Waals surface area contributed by atoms with Gasteiger partial charge in [0, 0.05) is 57.8 Å². The lowest BCUT2D eigenvalue weighted by Crippen LogP contribution is -2.24. The van der Waals surface area contributed by atoms with E-state index < -0.39 is 0 Å². The number of fused-ring (bicyclic) bond motifs is 1. The van der Waals surface area contributed by atoms with Gasteiger partial charge in [-0.25, -0.2) is 0 Å². The lowest BCUT2D eigenvalue weighted by molar-refractivity contribution is -0.385. The number of nitro groups is 1. The van der Waals surface area contributed by atoms with E-state index in [4.69, 9.17) is 9.47 Å². The minimum absolute atomic E-state index is 0.0604. The molecule has 0 aromatic heterocycles. The largest absolute Gasteiger partial charge is 0.492 e.